The molecule has 1 N–H and O–H groups in total. The number of nitrogens with zero attached hydrogens (tertiary/aromatic N) is 1. The molecule has 4 unspecified atom stereocenters. The van der Waals surface area contributed by atoms with E-state index in [1.807, 2.05) is 0 Å². The maximum absolute atomic E-state index is 3.61. The van der Waals surface area contributed by atoms with Crippen LogP contribution in [-0.4, -0.2) is 48.1 Å². The molecule has 4 aliphatic rings. The van der Waals surface area contributed by atoms with Gasteiger partial charge in [-0.05, 0) is 24.8 Å². The van der Waals surface area contributed by atoms with E-state index in [-0.39, 0.29) is 0 Å². The first-order chi connectivity index (χ1) is 6.83. The fraction of sp³-hybridized carbons (Fsp3) is 1.00. The van der Waals surface area contributed by atoms with Crippen LogP contribution in [0.3, 0.4) is 0 Å². The third-order valence-electron chi connectivity index (χ3n) is 4.12. The molecule has 3 aliphatic heterocycles. The topological polar surface area (TPSA) is 15.3 Å². The molecule has 2 bridgehead atoms. The summed E-state index contributed by atoms with van der Waals surface area (Å²) < 4.78 is 0. The lowest BCUT2D eigenvalue weighted by Crippen LogP contribution is -2.48. The number of rotatable bonds is 2. The van der Waals surface area contributed by atoms with Crippen LogP contribution in [0.5, 0.6) is 0 Å². The first kappa shape index (κ1) is 9.49. The number of fused-ring (bicyclic) bond motifs is 1. The fourth-order valence-corrected chi connectivity index (χ4v) is 4.29. The Kier molecular flexibility index (Phi) is 2.50. The van der Waals surface area contributed by atoms with Gasteiger partial charge in [0.05, 0.1) is 0 Å². The molecule has 4 rings (SSSR count). The normalized spacial score (nSPS) is 47.8. The molecule has 1 aliphatic carbocycles. The highest BCUT2D eigenvalue weighted by molar-refractivity contribution is 7.99. The first-order valence-corrected chi connectivity index (χ1v) is 6.95. The summed E-state index contributed by atoms with van der Waals surface area (Å²) in [4.78, 5) is 2.69. The fourth-order valence-electron chi connectivity index (χ4n) is 3.21. The van der Waals surface area contributed by atoms with Gasteiger partial charge in [-0.3, -0.25) is 0 Å². The molecule has 0 aromatic heterocycles. The van der Waals surface area contributed by atoms with Crippen molar-refractivity contribution < 1.29 is 0 Å². The molecule has 14 heavy (non-hydrogen) atoms. The summed E-state index contributed by atoms with van der Waals surface area (Å²) in [6.45, 7) is 7.68. The first-order valence-electron chi connectivity index (χ1n) is 5.90. The molecule has 0 spiro atoms. The summed E-state index contributed by atoms with van der Waals surface area (Å²) in [5.41, 5.74) is 0. The average Bonchev–Trinajstić information content (AvgIpc) is 2.75. The van der Waals surface area contributed by atoms with E-state index < -0.39 is 0 Å². The molecular weight excluding hydrogens is 192 g/mol. The van der Waals surface area contributed by atoms with Crippen molar-refractivity contribution in [1.29, 1.82) is 0 Å². The van der Waals surface area contributed by atoms with Crippen LogP contribution >= 0.6 is 11.8 Å². The Morgan fingerprint density at radius 1 is 1.50 bits per heavy atom. The van der Waals surface area contributed by atoms with Crippen LogP contribution in [0.2, 0.25) is 0 Å². The van der Waals surface area contributed by atoms with Crippen molar-refractivity contribution in [1.82, 2.24) is 10.2 Å². The van der Waals surface area contributed by atoms with Gasteiger partial charge in [-0.25, -0.2) is 0 Å². The van der Waals surface area contributed by atoms with Gasteiger partial charge in [0.2, 0.25) is 0 Å². The van der Waals surface area contributed by atoms with Crippen molar-refractivity contribution in [3.05, 3.63) is 0 Å². The van der Waals surface area contributed by atoms with Gasteiger partial charge in [-0.2, -0.15) is 11.8 Å². The molecule has 3 heteroatoms. The number of hydrogen-bond donors (Lipinski definition) is 1. The van der Waals surface area contributed by atoms with E-state index in [2.05, 4.69) is 28.9 Å². The molecule has 0 aromatic rings. The molecule has 4 fully saturated rings. The van der Waals surface area contributed by atoms with Crippen LogP contribution in [-0.2, 0) is 0 Å². The van der Waals surface area contributed by atoms with Crippen LogP contribution < -0.4 is 5.32 Å². The number of hydrogen-bond acceptors (Lipinski definition) is 3. The Morgan fingerprint density at radius 3 is 3.07 bits per heavy atom. The van der Waals surface area contributed by atoms with Crippen molar-refractivity contribution in [3.8, 4) is 0 Å². The maximum Gasteiger partial charge on any atom is 0.0147 e. The van der Waals surface area contributed by atoms with E-state index in [0.717, 1.165) is 23.1 Å². The monoisotopic (exact) mass is 212 g/mol. The van der Waals surface area contributed by atoms with Crippen molar-refractivity contribution in [3.63, 3.8) is 0 Å². The van der Waals surface area contributed by atoms with E-state index in [1.54, 1.807) is 0 Å². The molecule has 2 nitrogen and oxygen atoms in total. The molecule has 3 heterocycles. The van der Waals surface area contributed by atoms with Gasteiger partial charge < -0.3 is 10.2 Å². The second-order valence-corrected chi connectivity index (χ2v) is 6.66. The highest BCUT2D eigenvalue weighted by atomic mass is 32.2. The Morgan fingerprint density at radius 2 is 2.43 bits per heavy atom. The van der Waals surface area contributed by atoms with E-state index in [4.69, 9.17) is 0 Å². The minimum absolute atomic E-state index is 0.856. The molecule has 0 aromatic carbocycles. The van der Waals surface area contributed by atoms with Crippen LogP contribution in [0.4, 0.5) is 0 Å². The van der Waals surface area contributed by atoms with Crippen LogP contribution in [0.1, 0.15) is 13.3 Å². The molecule has 0 radical (unpaired) electrons. The zero-order valence-electron chi connectivity index (χ0n) is 8.91. The predicted octanol–water partition coefficient (Wildman–Crippen LogP) is 1.03. The average molecular weight is 212 g/mol. The summed E-state index contributed by atoms with van der Waals surface area (Å²) in [5, 5.41) is 4.47. The van der Waals surface area contributed by atoms with Crippen LogP contribution in [0.25, 0.3) is 0 Å². The SMILES string of the molecule is CC1CN(CC2C3CNC2C3)CCS1. The van der Waals surface area contributed by atoms with Crippen LogP contribution in [0.15, 0.2) is 0 Å². The highest BCUT2D eigenvalue weighted by Crippen LogP contribution is 2.40. The van der Waals surface area contributed by atoms with Crippen LogP contribution in [0, 0.1) is 11.8 Å². The zero-order chi connectivity index (χ0) is 9.54. The second kappa shape index (κ2) is 3.69. The Bertz CT molecular complexity index is 207. The van der Waals surface area contributed by atoms with Gasteiger partial charge >= 0.3 is 0 Å². The Labute approximate surface area is 90.8 Å². The lowest BCUT2D eigenvalue weighted by atomic mass is 9.73. The number of nitrogens with one attached hydrogen (secondary N) is 1. The zero-order valence-corrected chi connectivity index (χ0v) is 9.72. The Balaban J connectivity index is 1.52. The van der Waals surface area contributed by atoms with E-state index >= 15 is 0 Å². The van der Waals surface area contributed by atoms with Gasteiger partial charge in [0.25, 0.3) is 0 Å². The molecule has 1 saturated carbocycles. The standard InChI is InChI=1S/C11H20N2S/c1-8-6-13(2-3-14-8)7-10-9-4-11(10)12-5-9/h8-12H,2-7H2,1H3. The van der Waals surface area contributed by atoms with Gasteiger partial charge in [0.1, 0.15) is 0 Å². The van der Waals surface area contributed by atoms with Gasteiger partial charge in [-0.15, -0.1) is 0 Å². The minimum Gasteiger partial charge on any atom is -0.313 e. The summed E-state index contributed by atoms with van der Waals surface area (Å²) in [6, 6.07) is 0.880. The lowest BCUT2D eigenvalue weighted by Gasteiger charge is -2.40. The summed E-state index contributed by atoms with van der Waals surface area (Å²) in [7, 11) is 0. The Hall–Kier alpha value is 0.270. The van der Waals surface area contributed by atoms with Crippen molar-refractivity contribution in [2.45, 2.75) is 24.6 Å². The molecular formula is C11H20N2S. The molecule has 4 atom stereocenters. The van der Waals surface area contributed by atoms with E-state index in [1.165, 1.54) is 38.4 Å². The third-order valence-corrected chi connectivity index (χ3v) is 5.25. The van der Waals surface area contributed by atoms with Gasteiger partial charge in [-0.1, -0.05) is 6.92 Å². The summed E-state index contributed by atoms with van der Waals surface area (Å²) >= 11 is 2.13. The summed E-state index contributed by atoms with van der Waals surface area (Å²) in [6.07, 6.45) is 1.46. The molecule has 80 valence electrons. The predicted molar refractivity (Wildman–Crippen MR) is 61.7 cm³/mol. The lowest BCUT2D eigenvalue weighted by molar-refractivity contribution is 0.135. The third kappa shape index (κ3) is 1.59. The van der Waals surface area contributed by atoms with Gasteiger partial charge in [0.15, 0.2) is 0 Å². The summed E-state index contributed by atoms with van der Waals surface area (Å²) in [5.74, 6) is 3.35. The maximum atomic E-state index is 3.61. The second-order valence-electron chi connectivity index (χ2n) is 5.12. The molecule has 3 saturated heterocycles. The van der Waals surface area contributed by atoms with Crippen molar-refractivity contribution in [2.24, 2.45) is 11.8 Å². The number of thioether (sulfide) groups is 1. The van der Waals surface area contributed by atoms with E-state index in [0.29, 0.717) is 0 Å². The molecule has 0 amide bonds. The van der Waals surface area contributed by atoms with Crippen molar-refractivity contribution in [2.75, 3.05) is 31.9 Å². The van der Waals surface area contributed by atoms with Gasteiger partial charge in [0, 0.05) is 36.7 Å². The quantitative estimate of drug-likeness (QED) is 0.736. The van der Waals surface area contributed by atoms with E-state index in [9.17, 15) is 0 Å². The largest absolute Gasteiger partial charge is 0.313 e. The minimum atomic E-state index is 0.856. The highest BCUT2D eigenvalue weighted by Gasteiger charge is 2.46. The van der Waals surface area contributed by atoms with Crippen molar-refractivity contribution >= 4 is 11.8 Å². The smallest absolute Gasteiger partial charge is 0.0147 e.